The predicted molar refractivity (Wildman–Crippen MR) is 94.1 cm³/mol. The molecule has 1 saturated heterocycles. The van der Waals surface area contributed by atoms with Crippen LogP contribution in [-0.2, 0) is 11.8 Å². The third-order valence-corrected chi connectivity index (χ3v) is 4.71. The summed E-state index contributed by atoms with van der Waals surface area (Å²) in [5, 5.41) is 7.84. The molecule has 2 aromatic rings. The lowest BCUT2D eigenvalue weighted by atomic mass is 9.91. The smallest absolute Gasteiger partial charge is 0.225 e. The molecule has 2 aromatic heterocycles. The van der Waals surface area contributed by atoms with Crippen LogP contribution in [0.5, 0.6) is 0 Å². The zero-order valence-electron chi connectivity index (χ0n) is 15.2. The SMILES string of the molecule is Cn1ncc2c(N3CCC(F)(CNC(=O)C(C)(C)C)CC3)ncnc21. The summed E-state index contributed by atoms with van der Waals surface area (Å²) in [6.07, 6.45) is 3.96. The fraction of sp³-hybridized carbons (Fsp3) is 0.647. The molecule has 25 heavy (non-hydrogen) atoms. The molecule has 1 aliphatic rings. The number of aromatic nitrogens is 4. The van der Waals surface area contributed by atoms with Crippen molar-refractivity contribution in [1.29, 1.82) is 0 Å². The number of hydrogen-bond donors (Lipinski definition) is 1. The Bertz CT molecular complexity index is 773. The van der Waals surface area contributed by atoms with Gasteiger partial charge < -0.3 is 10.2 Å². The van der Waals surface area contributed by atoms with Crippen molar-refractivity contribution in [3.63, 3.8) is 0 Å². The highest BCUT2D eigenvalue weighted by molar-refractivity contribution is 5.86. The monoisotopic (exact) mass is 348 g/mol. The standard InChI is InChI=1S/C17H25FN6O/c1-16(2,3)15(25)19-10-17(18)5-7-24(8-6-17)14-12-9-22-23(4)13(12)20-11-21-14/h9,11H,5-8,10H2,1-4H3,(H,19,25). The van der Waals surface area contributed by atoms with Crippen molar-refractivity contribution >= 4 is 22.8 Å². The molecule has 0 aliphatic carbocycles. The summed E-state index contributed by atoms with van der Waals surface area (Å²) in [6.45, 7) is 6.62. The maximum atomic E-state index is 15.0. The van der Waals surface area contributed by atoms with Gasteiger partial charge in [0.05, 0.1) is 18.1 Å². The quantitative estimate of drug-likeness (QED) is 0.916. The number of piperidine rings is 1. The second kappa shape index (κ2) is 6.24. The highest BCUT2D eigenvalue weighted by Gasteiger charge is 2.36. The van der Waals surface area contributed by atoms with Gasteiger partial charge in [-0.25, -0.2) is 14.4 Å². The number of carbonyl (C=O) groups is 1. The third-order valence-electron chi connectivity index (χ3n) is 4.71. The van der Waals surface area contributed by atoms with E-state index in [1.165, 1.54) is 6.33 Å². The first-order valence-electron chi connectivity index (χ1n) is 8.54. The predicted octanol–water partition coefficient (Wildman–Crippen LogP) is 1.83. The molecule has 0 bridgehead atoms. The van der Waals surface area contributed by atoms with E-state index in [2.05, 4.69) is 25.3 Å². The summed E-state index contributed by atoms with van der Waals surface area (Å²) in [5.41, 5.74) is -1.12. The Kier molecular flexibility index (Phi) is 4.38. The van der Waals surface area contributed by atoms with E-state index in [0.29, 0.717) is 25.9 Å². The van der Waals surface area contributed by atoms with E-state index in [-0.39, 0.29) is 12.5 Å². The fourth-order valence-electron chi connectivity index (χ4n) is 3.00. The van der Waals surface area contributed by atoms with E-state index in [1.54, 1.807) is 10.9 Å². The Morgan fingerprint density at radius 2 is 2.00 bits per heavy atom. The van der Waals surface area contributed by atoms with Gasteiger partial charge in [0.15, 0.2) is 5.65 Å². The zero-order chi connectivity index (χ0) is 18.2. The van der Waals surface area contributed by atoms with Crippen LogP contribution in [-0.4, -0.2) is 51.0 Å². The minimum atomic E-state index is -1.38. The third kappa shape index (κ3) is 3.57. The topological polar surface area (TPSA) is 75.9 Å². The first-order chi connectivity index (χ1) is 11.7. The van der Waals surface area contributed by atoms with Crippen molar-refractivity contribution < 1.29 is 9.18 Å². The molecule has 3 heterocycles. The Balaban J connectivity index is 1.66. The van der Waals surface area contributed by atoms with Gasteiger partial charge in [0.25, 0.3) is 0 Å². The van der Waals surface area contributed by atoms with Gasteiger partial charge >= 0.3 is 0 Å². The number of alkyl halides is 1. The Morgan fingerprint density at radius 1 is 1.32 bits per heavy atom. The lowest BCUT2D eigenvalue weighted by Crippen LogP contribution is -2.50. The first-order valence-corrected chi connectivity index (χ1v) is 8.54. The summed E-state index contributed by atoms with van der Waals surface area (Å²) in [4.78, 5) is 22.6. The molecule has 1 N–H and O–H groups in total. The van der Waals surface area contributed by atoms with Gasteiger partial charge in [-0.15, -0.1) is 0 Å². The lowest BCUT2D eigenvalue weighted by molar-refractivity contribution is -0.129. The van der Waals surface area contributed by atoms with E-state index in [0.717, 1.165) is 16.9 Å². The molecule has 0 aromatic carbocycles. The van der Waals surface area contributed by atoms with Crippen LogP contribution in [0.15, 0.2) is 12.5 Å². The number of halogens is 1. The van der Waals surface area contributed by atoms with Crippen LogP contribution in [0.2, 0.25) is 0 Å². The molecule has 0 saturated carbocycles. The van der Waals surface area contributed by atoms with Gasteiger partial charge in [-0.1, -0.05) is 20.8 Å². The number of anilines is 1. The number of amides is 1. The molecule has 1 amide bonds. The summed E-state index contributed by atoms with van der Waals surface area (Å²) >= 11 is 0. The van der Waals surface area contributed by atoms with Crippen molar-refractivity contribution in [2.45, 2.75) is 39.3 Å². The Morgan fingerprint density at radius 3 is 2.64 bits per heavy atom. The van der Waals surface area contributed by atoms with E-state index in [9.17, 15) is 4.79 Å². The van der Waals surface area contributed by atoms with E-state index in [4.69, 9.17) is 0 Å². The van der Waals surface area contributed by atoms with Crippen molar-refractivity contribution in [2.75, 3.05) is 24.5 Å². The van der Waals surface area contributed by atoms with Gasteiger partial charge in [0, 0.05) is 38.4 Å². The van der Waals surface area contributed by atoms with Crippen LogP contribution in [0.4, 0.5) is 10.2 Å². The molecule has 0 atom stereocenters. The molecule has 3 rings (SSSR count). The summed E-state index contributed by atoms with van der Waals surface area (Å²) in [7, 11) is 1.83. The van der Waals surface area contributed by atoms with Crippen molar-refractivity contribution in [3.05, 3.63) is 12.5 Å². The number of rotatable bonds is 3. The highest BCUT2D eigenvalue weighted by Crippen LogP contribution is 2.31. The average Bonchev–Trinajstić information content (AvgIpc) is 2.94. The summed E-state index contributed by atoms with van der Waals surface area (Å²) < 4.78 is 16.7. The molecule has 7 nitrogen and oxygen atoms in total. The summed E-state index contributed by atoms with van der Waals surface area (Å²) in [5.74, 6) is 0.665. The van der Waals surface area contributed by atoms with Crippen molar-refractivity contribution in [2.24, 2.45) is 12.5 Å². The van der Waals surface area contributed by atoms with Crippen LogP contribution in [0.25, 0.3) is 11.0 Å². The minimum Gasteiger partial charge on any atom is -0.356 e. The van der Waals surface area contributed by atoms with Crippen LogP contribution in [0.3, 0.4) is 0 Å². The van der Waals surface area contributed by atoms with Gasteiger partial charge in [0.2, 0.25) is 5.91 Å². The van der Waals surface area contributed by atoms with E-state index >= 15 is 4.39 Å². The number of fused-ring (bicyclic) bond motifs is 1. The lowest BCUT2D eigenvalue weighted by Gasteiger charge is -2.37. The maximum Gasteiger partial charge on any atom is 0.225 e. The molecule has 1 aliphatic heterocycles. The van der Waals surface area contributed by atoms with Crippen LogP contribution in [0.1, 0.15) is 33.6 Å². The van der Waals surface area contributed by atoms with Crippen LogP contribution in [0, 0.1) is 5.41 Å². The first kappa shape index (κ1) is 17.6. The van der Waals surface area contributed by atoms with Crippen molar-refractivity contribution in [1.82, 2.24) is 25.1 Å². The zero-order valence-corrected chi connectivity index (χ0v) is 15.2. The highest BCUT2D eigenvalue weighted by atomic mass is 19.1. The molecule has 0 unspecified atom stereocenters. The molecule has 0 spiro atoms. The van der Waals surface area contributed by atoms with Gasteiger partial charge in [-0.3, -0.25) is 9.48 Å². The number of hydrogen-bond acceptors (Lipinski definition) is 5. The second-order valence-corrected chi connectivity index (χ2v) is 7.77. The molecule has 0 radical (unpaired) electrons. The maximum absolute atomic E-state index is 15.0. The van der Waals surface area contributed by atoms with Crippen LogP contribution >= 0.6 is 0 Å². The average molecular weight is 348 g/mol. The van der Waals surface area contributed by atoms with Crippen LogP contribution < -0.4 is 10.2 Å². The number of carbonyl (C=O) groups excluding carboxylic acids is 1. The molecule has 1 fully saturated rings. The normalized spacial score (nSPS) is 17.7. The fourth-order valence-corrected chi connectivity index (χ4v) is 3.00. The second-order valence-electron chi connectivity index (χ2n) is 7.77. The summed E-state index contributed by atoms with van der Waals surface area (Å²) in [6, 6.07) is 0. The number of aryl methyl sites for hydroxylation is 1. The van der Waals surface area contributed by atoms with E-state index < -0.39 is 11.1 Å². The molecule has 136 valence electrons. The van der Waals surface area contributed by atoms with E-state index in [1.807, 2.05) is 27.8 Å². The molecular weight excluding hydrogens is 323 g/mol. The van der Waals surface area contributed by atoms with Gasteiger partial charge in [-0.05, 0) is 0 Å². The largest absolute Gasteiger partial charge is 0.356 e. The van der Waals surface area contributed by atoms with Gasteiger partial charge in [0.1, 0.15) is 17.8 Å². The number of nitrogens with zero attached hydrogens (tertiary/aromatic N) is 5. The Labute approximate surface area is 146 Å². The van der Waals surface area contributed by atoms with Crippen molar-refractivity contribution in [3.8, 4) is 0 Å². The Hall–Kier alpha value is -2.25. The molecule has 8 heteroatoms. The van der Waals surface area contributed by atoms with Gasteiger partial charge in [-0.2, -0.15) is 5.10 Å². The molecular formula is C17H25FN6O. The number of nitrogens with one attached hydrogen (secondary N) is 1. The minimum absolute atomic E-state index is 0.0586.